The molecule has 16 heavy (non-hydrogen) atoms. The van der Waals surface area contributed by atoms with Crippen molar-refractivity contribution in [3.63, 3.8) is 0 Å². The summed E-state index contributed by atoms with van der Waals surface area (Å²) in [5.74, 6) is -0.149. The molecular weight excluding hydrogens is 274 g/mol. The van der Waals surface area contributed by atoms with E-state index in [4.69, 9.17) is 4.74 Å². The molecule has 0 aromatic rings. The number of carbonyl (C=O) groups is 1. The molecule has 1 heterocycles. The van der Waals surface area contributed by atoms with Gasteiger partial charge in [-0.2, -0.15) is 0 Å². The number of halogens is 1. The summed E-state index contributed by atoms with van der Waals surface area (Å²) in [6, 6.07) is 0. The standard InChI is InChI=1S/C11H20BrNO3/c1-10(2,3)13-8(14)7(16-5)11(4,6-12)9(13)15/h7,9,15H,6H2,1-5H3/t7-,9+,11+/m1/s1. The first-order chi connectivity index (χ1) is 7.20. The average molecular weight is 294 g/mol. The van der Waals surface area contributed by atoms with Gasteiger partial charge in [-0.25, -0.2) is 0 Å². The zero-order valence-corrected chi connectivity index (χ0v) is 12.0. The van der Waals surface area contributed by atoms with Crippen LogP contribution < -0.4 is 0 Å². The van der Waals surface area contributed by atoms with Gasteiger partial charge in [-0.15, -0.1) is 0 Å². The maximum atomic E-state index is 12.2. The molecule has 94 valence electrons. The van der Waals surface area contributed by atoms with Crippen LogP contribution in [0.25, 0.3) is 0 Å². The van der Waals surface area contributed by atoms with Gasteiger partial charge in [0.25, 0.3) is 5.91 Å². The Morgan fingerprint density at radius 2 is 2.06 bits per heavy atom. The second-order valence-electron chi connectivity index (χ2n) is 5.51. The van der Waals surface area contributed by atoms with E-state index < -0.39 is 23.3 Å². The first kappa shape index (κ1) is 13.9. The fourth-order valence-electron chi connectivity index (χ4n) is 2.17. The Morgan fingerprint density at radius 3 is 2.31 bits per heavy atom. The highest BCUT2D eigenvalue weighted by Gasteiger charge is 2.58. The lowest BCUT2D eigenvalue weighted by molar-refractivity contribution is -0.145. The monoisotopic (exact) mass is 293 g/mol. The van der Waals surface area contributed by atoms with Gasteiger partial charge in [0, 0.05) is 18.0 Å². The van der Waals surface area contributed by atoms with Crippen LogP contribution in [0.5, 0.6) is 0 Å². The molecule has 1 amide bonds. The van der Waals surface area contributed by atoms with Crippen molar-refractivity contribution in [3.05, 3.63) is 0 Å². The van der Waals surface area contributed by atoms with Gasteiger partial charge < -0.3 is 14.7 Å². The number of alkyl halides is 1. The van der Waals surface area contributed by atoms with Gasteiger partial charge in [0.2, 0.25) is 0 Å². The van der Waals surface area contributed by atoms with Crippen molar-refractivity contribution >= 4 is 21.8 Å². The molecule has 1 aliphatic heterocycles. The van der Waals surface area contributed by atoms with Gasteiger partial charge >= 0.3 is 0 Å². The Kier molecular flexibility index (Phi) is 3.72. The summed E-state index contributed by atoms with van der Waals surface area (Å²) in [7, 11) is 1.50. The van der Waals surface area contributed by atoms with Crippen LogP contribution in [0.1, 0.15) is 27.7 Å². The maximum absolute atomic E-state index is 12.2. The number of nitrogens with zero attached hydrogens (tertiary/aromatic N) is 1. The summed E-state index contributed by atoms with van der Waals surface area (Å²) in [5.41, 5.74) is -1.02. The van der Waals surface area contributed by atoms with Crippen LogP contribution in [0.2, 0.25) is 0 Å². The molecule has 3 atom stereocenters. The number of hydrogen-bond acceptors (Lipinski definition) is 3. The quantitative estimate of drug-likeness (QED) is 0.782. The number of hydrogen-bond donors (Lipinski definition) is 1. The Labute approximate surface area is 105 Å². The fraction of sp³-hybridized carbons (Fsp3) is 0.909. The third-order valence-electron chi connectivity index (χ3n) is 3.14. The second-order valence-corrected chi connectivity index (χ2v) is 6.07. The third-order valence-corrected chi connectivity index (χ3v) is 4.35. The number of likely N-dealkylation sites (tertiary alicyclic amines) is 1. The molecule has 1 rings (SSSR count). The Hall–Kier alpha value is -0.130. The number of rotatable bonds is 2. The highest BCUT2D eigenvalue weighted by atomic mass is 79.9. The van der Waals surface area contributed by atoms with Gasteiger partial charge in [-0.1, -0.05) is 22.9 Å². The molecular formula is C11H20BrNO3. The van der Waals surface area contributed by atoms with Crippen molar-refractivity contribution in [3.8, 4) is 0 Å². The van der Waals surface area contributed by atoms with Crippen LogP contribution in [0.4, 0.5) is 0 Å². The minimum absolute atomic E-state index is 0.149. The summed E-state index contributed by atoms with van der Waals surface area (Å²) in [6.45, 7) is 7.56. The summed E-state index contributed by atoms with van der Waals surface area (Å²) < 4.78 is 5.24. The van der Waals surface area contributed by atoms with E-state index in [1.54, 1.807) is 0 Å². The topological polar surface area (TPSA) is 49.8 Å². The molecule has 0 aromatic heterocycles. The fourth-order valence-corrected chi connectivity index (χ4v) is 2.75. The summed E-state index contributed by atoms with van der Waals surface area (Å²) in [6.07, 6.45) is -1.43. The largest absolute Gasteiger partial charge is 0.373 e. The minimum atomic E-state index is -0.829. The molecule has 1 fully saturated rings. The minimum Gasteiger partial charge on any atom is -0.373 e. The predicted molar refractivity (Wildman–Crippen MR) is 65.3 cm³/mol. The summed E-state index contributed by atoms with van der Waals surface area (Å²) in [4.78, 5) is 13.7. The molecule has 5 heteroatoms. The van der Waals surface area contributed by atoms with Crippen LogP contribution in [-0.2, 0) is 9.53 Å². The van der Waals surface area contributed by atoms with Crippen molar-refractivity contribution in [2.45, 2.75) is 45.6 Å². The number of methoxy groups -OCH3 is 1. The molecule has 1 N–H and O–H groups in total. The van der Waals surface area contributed by atoms with Gasteiger partial charge in [-0.3, -0.25) is 4.79 Å². The Morgan fingerprint density at radius 1 is 1.56 bits per heavy atom. The lowest BCUT2D eigenvalue weighted by Gasteiger charge is -2.37. The SMILES string of the molecule is CO[C@@H]1C(=O)N(C(C)(C)C)[C@@H](O)[C@@]1(C)CBr. The molecule has 1 saturated heterocycles. The van der Waals surface area contributed by atoms with Crippen molar-refractivity contribution < 1.29 is 14.6 Å². The highest BCUT2D eigenvalue weighted by Crippen LogP contribution is 2.42. The van der Waals surface area contributed by atoms with E-state index in [0.717, 1.165) is 0 Å². The van der Waals surface area contributed by atoms with Crippen LogP contribution in [0, 0.1) is 5.41 Å². The molecule has 0 aliphatic carbocycles. The van der Waals surface area contributed by atoms with Crippen molar-refractivity contribution in [2.75, 3.05) is 12.4 Å². The summed E-state index contributed by atoms with van der Waals surface area (Å²) >= 11 is 3.36. The van der Waals surface area contributed by atoms with Gasteiger partial charge in [0.05, 0.1) is 5.41 Å². The Balaban J connectivity index is 3.16. The summed E-state index contributed by atoms with van der Waals surface area (Å²) in [5, 5.41) is 10.8. The van der Waals surface area contributed by atoms with Crippen molar-refractivity contribution in [1.82, 2.24) is 4.90 Å². The lowest BCUT2D eigenvalue weighted by Crippen LogP contribution is -2.50. The van der Waals surface area contributed by atoms with Crippen LogP contribution >= 0.6 is 15.9 Å². The molecule has 0 radical (unpaired) electrons. The normalized spacial score (nSPS) is 35.9. The molecule has 0 aromatic carbocycles. The smallest absolute Gasteiger partial charge is 0.254 e. The maximum Gasteiger partial charge on any atom is 0.254 e. The number of carbonyl (C=O) groups excluding carboxylic acids is 1. The van der Waals surface area contributed by atoms with E-state index >= 15 is 0 Å². The first-order valence-electron chi connectivity index (χ1n) is 5.30. The number of aliphatic hydroxyl groups excluding tert-OH is 1. The van der Waals surface area contributed by atoms with Gasteiger partial charge in [0.15, 0.2) is 0 Å². The average Bonchev–Trinajstić information content (AvgIpc) is 2.34. The van der Waals surface area contributed by atoms with E-state index in [0.29, 0.717) is 5.33 Å². The van der Waals surface area contributed by atoms with Gasteiger partial charge in [0.1, 0.15) is 12.3 Å². The molecule has 0 bridgehead atoms. The van der Waals surface area contributed by atoms with Crippen LogP contribution in [0.15, 0.2) is 0 Å². The van der Waals surface area contributed by atoms with E-state index in [9.17, 15) is 9.90 Å². The van der Waals surface area contributed by atoms with Crippen LogP contribution in [0.3, 0.4) is 0 Å². The number of amides is 1. The van der Waals surface area contributed by atoms with E-state index in [-0.39, 0.29) is 5.91 Å². The van der Waals surface area contributed by atoms with E-state index in [1.165, 1.54) is 12.0 Å². The molecule has 0 unspecified atom stereocenters. The number of ether oxygens (including phenoxy) is 1. The van der Waals surface area contributed by atoms with Crippen molar-refractivity contribution in [2.24, 2.45) is 5.41 Å². The zero-order chi connectivity index (χ0) is 12.7. The predicted octanol–water partition coefficient (Wildman–Crippen LogP) is 1.36. The van der Waals surface area contributed by atoms with Crippen molar-refractivity contribution in [1.29, 1.82) is 0 Å². The number of aliphatic hydroxyl groups is 1. The zero-order valence-electron chi connectivity index (χ0n) is 10.5. The molecule has 1 aliphatic rings. The molecule has 0 spiro atoms. The molecule has 4 nitrogen and oxygen atoms in total. The van der Waals surface area contributed by atoms with Gasteiger partial charge in [-0.05, 0) is 20.8 Å². The second kappa shape index (κ2) is 4.27. The first-order valence-corrected chi connectivity index (χ1v) is 6.42. The van der Waals surface area contributed by atoms with E-state index in [1.807, 2.05) is 27.7 Å². The van der Waals surface area contributed by atoms with E-state index in [2.05, 4.69) is 15.9 Å². The highest BCUT2D eigenvalue weighted by molar-refractivity contribution is 9.09. The lowest BCUT2D eigenvalue weighted by atomic mass is 9.87. The Bertz CT molecular complexity index is 289. The molecule has 0 saturated carbocycles. The van der Waals surface area contributed by atoms with Crippen LogP contribution in [-0.4, -0.2) is 46.2 Å². The third kappa shape index (κ3) is 1.89.